The van der Waals surface area contributed by atoms with E-state index in [0.29, 0.717) is 6.42 Å². The summed E-state index contributed by atoms with van der Waals surface area (Å²) in [6, 6.07) is 0. The monoisotopic (exact) mass is 190 g/mol. The van der Waals surface area contributed by atoms with Crippen molar-refractivity contribution < 1.29 is 19.0 Å². The van der Waals surface area contributed by atoms with Gasteiger partial charge in [0.15, 0.2) is 0 Å². The highest BCUT2D eigenvalue weighted by molar-refractivity contribution is 5.77. The summed E-state index contributed by atoms with van der Waals surface area (Å²) in [6.07, 6.45) is 2.35. The van der Waals surface area contributed by atoms with Crippen molar-refractivity contribution >= 4 is 5.97 Å². The molecule has 78 valence electrons. The molecule has 13 heavy (non-hydrogen) atoms. The SMILES string of the molecule is CCCCC(OC)(OC)C(=O)OC. The van der Waals surface area contributed by atoms with Crippen molar-refractivity contribution in [2.45, 2.75) is 32.0 Å². The molecular weight excluding hydrogens is 172 g/mol. The first-order chi connectivity index (χ1) is 6.16. The quantitative estimate of drug-likeness (QED) is 0.468. The van der Waals surface area contributed by atoms with Crippen molar-refractivity contribution in [3.05, 3.63) is 0 Å². The zero-order chi connectivity index (χ0) is 10.3. The number of methoxy groups -OCH3 is 3. The lowest BCUT2D eigenvalue weighted by Gasteiger charge is -2.27. The smallest absolute Gasteiger partial charge is 0.366 e. The average Bonchev–Trinajstić information content (AvgIpc) is 2.19. The molecule has 4 nitrogen and oxygen atoms in total. The number of hydrogen-bond donors (Lipinski definition) is 0. The maximum absolute atomic E-state index is 11.3. The van der Waals surface area contributed by atoms with E-state index in [1.807, 2.05) is 6.92 Å². The molecule has 0 N–H and O–H groups in total. The number of unbranched alkanes of at least 4 members (excludes halogenated alkanes) is 1. The maximum Gasteiger partial charge on any atom is 0.366 e. The van der Waals surface area contributed by atoms with Crippen molar-refractivity contribution in [3.8, 4) is 0 Å². The lowest BCUT2D eigenvalue weighted by Crippen LogP contribution is -2.43. The van der Waals surface area contributed by atoms with Crippen molar-refractivity contribution in [1.29, 1.82) is 0 Å². The molecule has 0 spiro atoms. The lowest BCUT2D eigenvalue weighted by atomic mass is 10.1. The number of hydrogen-bond acceptors (Lipinski definition) is 4. The van der Waals surface area contributed by atoms with Gasteiger partial charge in [0.2, 0.25) is 0 Å². The summed E-state index contributed by atoms with van der Waals surface area (Å²) in [7, 11) is 4.20. The van der Waals surface area contributed by atoms with Crippen molar-refractivity contribution in [2.75, 3.05) is 21.3 Å². The second-order valence-corrected chi connectivity index (χ2v) is 2.76. The number of carbonyl (C=O) groups is 1. The Balaban J connectivity index is 4.39. The molecule has 0 aliphatic carbocycles. The molecular formula is C9H18O4. The first-order valence-electron chi connectivity index (χ1n) is 4.35. The van der Waals surface area contributed by atoms with E-state index in [1.54, 1.807) is 0 Å². The molecule has 0 radical (unpaired) electrons. The van der Waals surface area contributed by atoms with Gasteiger partial charge >= 0.3 is 5.97 Å². The summed E-state index contributed by atoms with van der Waals surface area (Å²) in [5, 5.41) is 0. The highest BCUT2D eigenvalue weighted by Gasteiger charge is 2.39. The first kappa shape index (κ1) is 12.4. The van der Waals surface area contributed by atoms with Crippen LogP contribution in [-0.2, 0) is 19.0 Å². The Morgan fingerprint density at radius 3 is 2.08 bits per heavy atom. The standard InChI is InChI=1S/C9H18O4/c1-5-6-7-9(12-3,13-4)8(10)11-2/h5-7H2,1-4H3. The molecule has 4 heteroatoms. The van der Waals surface area contributed by atoms with E-state index >= 15 is 0 Å². The predicted octanol–water partition coefficient (Wildman–Crippen LogP) is 1.34. The van der Waals surface area contributed by atoms with E-state index in [4.69, 9.17) is 9.47 Å². The Bertz CT molecular complexity index is 152. The van der Waals surface area contributed by atoms with Crippen LogP contribution in [0, 0.1) is 0 Å². The molecule has 0 aliphatic rings. The molecule has 0 atom stereocenters. The highest BCUT2D eigenvalue weighted by atomic mass is 16.7. The third-order valence-corrected chi connectivity index (χ3v) is 2.02. The van der Waals surface area contributed by atoms with Crippen LogP contribution in [0.2, 0.25) is 0 Å². The molecule has 0 saturated carbocycles. The van der Waals surface area contributed by atoms with Gasteiger partial charge < -0.3 is 14.2 Å². The second kappa shape index (κ2) is 5.94. The number of ether oxygens (including phenoxy) is 3. The van der Waals surface area contributed by atoms with Gasteiger partial charge in [-0.1, -0.05) is 13.3 Å². The fourth-order valence-electron chi connectivity index (χ4n) is 1.12. The Morgan fingerprint density at radius 1 is 1.23 bits per heavy atom. The summed E-state index contributed by atoms with van der Waals surface area (Å²) in [4.78, 5) is 11.3. The van der Waals surface area contributed by atoms with Crippen LogP contribution < -0.4 is 0 Å². The zero-order valence-electron chi connectivity index (χ0n) is 8.75. The summed E-state index contributed by atoms with van der Waals surface area (Å²) >= 11 is 0. The fraction of sp³-hybridized carbons (Fsp3) is 0.889. The van der Waals surface area contributed by atoms with E-state index < -0.39 is 11.8 Å². The molecule has 0 saturated heterocycles. The third kappa shape index (κ3) is 2.97. The Kier molecular flexibility index (Phi) is 5.66. The zero-order valence-corrected chi connectivity index (χ0v) is 8.75. The molecule has 0 fully saturated rings. The summed E-state index contributed by atoms with van der Waals surface area (Å²) in [5.41, 5.74) is 0. The molecule has 0 amide bonds. The van der Waals surface area contributed by atoms with Gasteiger partial charge in [0.05, 0.1) is 7.11 Å². The van der Waals surface area contributed by atoms with Crippen molar-refractivity contribution in [3.63, 3.8) is 0 Å². The minimum Gasteiger partial charge on any atom is -0.465 e. The predicted molar refractivity (Wildman–Crippen MR) is 48.3 cm³/mol. The first-order valence-corrected chi connectivity index (χ1v) is 4.35. The van der Waals surface area contributed by atoms with Crippen LogP contribution in [0.15, 0.2) is 0 Å². The van der Waals surface area contributed by atoms with Gasteiger partial charge in [-0.05, 0) is 6.42 Å². The number of rotatable bonds is 6. The number of esters is 1. The van der Waals surface area contributed by atoms with Gasteiger partial charge in [-0.25, -0.2) is 4.79 Å². The van der Waals surface area contributed by atoms with E-state index in [1.165, 1.54) is 21.3 Å². The molecule has 0 aromatic rings. The van der Waals surface area contributed by atoms with E-state index in [0.717, 1.165) is 12.8 Å². The highest BCUT2D eigenvalue weighted by Crippen LogP contribution is 2.20. The van der Waals surface area contributed by atoms with Crippen LogP contribution in [0.3, 0.4) is 0 Å². The molecule has 0 aromatic carbocycles. The van der Waals surface area contributed by atoms with E-state index in [2.05, 4.69) is 4.74 Å². The molecule has 0 heterocycles. The van der Waals surface area contributed by atoms with Crippen LogP contribution in [0.5, 0.6) is 0 Å². The summed E-state index contributed by atoms with van der Waals surface area (Å²) < 4.78 is 14.7. The largest absolute Gasteiger partial charge is 0.465 e. The van der Waals surface area contributed by atoms with Crippen LogP contribution in [-0.4, -0.2) is 33.1 Å². The van der Waals surface area contributed by atoms with E-state index in [-0.39, 0.29) is 0 Å². The fourth-order valence-corrected chi connectivity index (χ4v) is 1.12. The summed E-state index contributed by atoms with van der Waals surface area (Å²) in [6.45, 7) is 2.04. The maximum atomic E-state index is 11.3. The van der Waals surface area contributed by atoms with Gasteiger partial charge in [-0.2, -0.15) is 0 Å². The van der Waals surface area contributed by atoms with Crippen LogP contribution in [0.1, 0.15) is 26.2 Å². The van der Waals surface area contributed by atoms with Crippen LogP contribution in [0.25, 0.3) is 0 Å². The minimum absolute atomic E-state index is 0.481. The average molecular weight is 190 g/mol. The third-order valence-electron chi connectivity index (χ3n) is 2.02. The minimum atomic E-state index is -1.22. The van der Waals surface area contributed by atoms with Gasteiger partial charge in [-0.15, -0.1) is 0 Å². The summed E-state index contributed by atoms with van der Waals surface area (Å²) in [5.74, 6) is -1.70. The van der Waals surface area contributed by atoms with Gasteiger partial charge in [0.25, 0.3) is 5.79 Å². The van der Waals surface area contributed by atoms with E-state index in [9.17, 15) is 4.79 Å². The number of carbonyl (C=O) groups excluding carboxylic acids is 1. The molecule has 0 rings (SSSR count). The molecule has 0 bridgehead atoms. The molecule has 0 aromatic heterocycles. The van der Waals surface area contributed by atoms with Gasteiger partial charge in [0.1, 0.15) is 0 Å². The Morgan fingerprint density at radius 2 is 1.77 bits per heavy atom. The van der Waals surface area contributed by atoms with Gasteiger partial charge in [0, 0.05) is 20.6 Å². The molecule has 0 unspecified atom stereocenters. The van der Waals surface area contributed by atoms with Gasteiger partial charge in [-0.3, -0.25) is 0 Å². The van der Waals surface area contributed by atoms with Crippen molar-refractivity contribution in [1.82, 2.24) is 0 Å². The molecule has 0 aliphatic heterocycles. The van der Waals surface area contributed by atoms with Crippen LogP contribution >= 0.6 is 0 Å². The van der Waals surface area contributed by atoms with Crippen LogP contribution in [0.4, 0.5) is 0 Å². The van der Waals surface area contributed by atoms with Crippen molar-refractivity contribution in [2.24, 2.45) is 0 Å². The normalized spacial score (nSPS) is 11.4. The Labute approximate surface area is 79.2 Å². The second-order valence-electron chi connectivity index (χ2n) is 2.76. The lowest BCUT2D eigenvalue weighted by molar-refractivity contribution is -0.230. The topological polar surface area (TPSA) is 44.8 Å². The Hall–Kier alpha value is -0.610.